The van der Waals surface area contributed by atoms with Gasteiger partial charge in [-0.3, -0.25) is 4.98 Å². The van der Waals surface area contributed by atoms with Gasteiger partial charge >= 0.3 is 6.03 Å². The minimum absolute atomic E-state index is 0.0266. The van der Waals surface area contributed by atoms with Crippen LogP contribution in [0.4, 0.5) is 4.79 Å². The van der Waals surface area contributed by atoms with Crippen molar-refractivity contribution >= 4 is 6.03 Å². The first kappa shape index (κ1) is 17.2. The highest BCUT2D eigenvalue weighted by molar-refractivity contribution is 5.74. The molecule has 1 saturated carbocycles. The molecule has 24 heavy (non-hydrogen) atoms. The Balaban J connectivity index is 1.44. The first-order chi connectivity index (χ1) is 11.7. The lowest BCUT2D eigenvalue weighted by atomic mass is 9.78. The smallest absolute Gasteiger partial charge is 0.315 e. The molecule has 132 valence electrons. The van der Waals surface area contributed by atoms with Crippen LogP contribution in [0.25, 0.3) is 0 Å². The average Bonchev–Trinajstić information content (AvgIpc) is 2.61. The molecule has 2 fully saturated rings. The van der Waals surface area contributed by atoms with E-state index in [0.717, 1.165) is 32.3 Å². The summed E-state index contributed by atoms with van der Waals surface area (Å²) in [6, 6.07) is 4.16. The Morgan fingerprint density at radius 2 is 2.08 bits per heavy atom. The summed E-state index contributed by atoms with van der Waals surface area (Å²) in [5.74, 6) is 0.276. The Bertz CT molecular complexity index is 523. The van der Waals surface area contributed by atoms with Gasteiger partial charge in [-0.2, -0.15) is 0 Å². The van der Waals surface area contributed by atoms with Crippen LogP contribution in [-0.4, -0.2) is 35.8 Å². The molecule has 2 heterocycles. The van der Waals surface area contributed by atoms with Crippen molar-refractivity contribution in [3.05, 3.63) is 30.1 Å². The Morgan fingerprint density at radius 3 is 2.83 bits per heavy atom. The van der Waals surface area contributed by atoms with Crippen molar-refractivity contribution in [3.8, 4) is 0 Å². The first-order valence-electron chi connectivity index (χ1n) is 9.25. The van der Waals surface area contributed by atoms with E-state index in [4.69, 9.17) is 4.74 Å². The van der Waals surface area contributed by atoms with Gasteiger partial charge in [-0.25, -0.2) is 4.79 Å². The average molecular weight is 331 g/mol. The third kappa shape index (κ3) is 4.47. The van der Waals surface area contributed by atoms with Crippen LogP contribution < -0.4 is 10.6 Å². The molecule has 1 aliphatic carbocycles. The van der Waals surface area contributed by atoms with Crippen LogP contribution in [0.15, 0.2) is 24.5 Å². The van der Waals surface area contributed by atoms with Crippen LogP contribution >= 0.6 is 0 Å². The Morgan fingerprint density at radius 1 is 1.33 bits per heavy atom. The number of carbonyl (C=O) groups is 1. The molecule has 3 rings (SSSR count). The molecule has 0 aromatic carbocycles. The lowest BCUT2D eigenvalue weighted by molar-refractivity contribution is -0.107. The zero-order valence-electron chi connectivity index (χ0n) is 14.6. The number of urea groups is 1. The number of nitrogens with one attached hydrogen (secondary N) is 2. The third-order valence-corrected chi connectivity index (χ3v) is 5.44. The van der Waals surface area contributed by atoms with Crippen molar-refractivity contribution < 1.29 is 9.53 Å². The largest absolute Gasteiger partial charge is 0.375 e. The van der Waals surface area contributed by atoms with Gasteiger partial charge in [-0.15, -0.1) is 0 Å². The first-order valence-corrected chi connectivity index (χ1v) is 9.25. The van der Waals surface area contributed by atoms with Crippen molar-refractivity contribution in [3.63, 3.8) is 0 Å². The van der Waals surface area contributed by atoms with E-state index in [-0.39, 0.29) is 23.6 Å². The standard InChI is InChI=1S/C19H29N3O2/c1-15(16-5-10-20-11-6-16)14-21-18(23)22-17-7-12-24-19(13-17)8-3-2-4-9-19/h5-6,10-11,15,17H,2-4,7-9,12-14H2,1H3,(H2,21,22,23)/t15-,17+/m0/s1. The predicted molar refractivity (Wildman–Crippen MR) is 94.0 cm³/mol. The van der Waals surface area contributed by atoms with Crippen LogP contribution in [0.1, 0.15) is 63.4 Å². The summed E-state index contributed by atoms with van der Waals surface area (Å²) in [6.07, 6.45) is 11.6. The summed E-state index contributed by atoms with van der Waals surface area (Å²) >= 11 is 0. The Kier molecular flexibility index (Phi) is 5.72. The number of amides is 2. The summed E-state index contributed by atoms with van der Waals surface area (Å²) in [5.41, 5.74) is 1.22. The van der Waals surface area contributed by atoms with Crippen LogP contribution in [0.2, 0.25) is 0 Å². The molecule has 2 atom stereocenters. The number of pyridine rings is 1. The number of carbonyl (C=O) groups excluding carboxylic acids is 1. The van der Waals surface area contributed by atoms with Crippen LogP contribution in [0.5, 0.6) is 0 Å². The zero-order valence-corrected chi connectivity index (χ0v) is 14.6. The number of hydrogen-bond donors (Lipinski definition) is 2. The summed E-state index contributed by atoms with van der Waals surface area (Å²) in [4.78, 5) is 16.3. The van der Waals surface area contributed by atoms with Gasteiger partial charge in [0.05, 0.1) is 5.60 Å². The van der Waals surface area contributed by atoms with Crippen molar-refractivity contribution in [1.82, 2.24) is 15.6 Å². The maximum absolute atomic E-state index is 12.2. The van der Waals surface area contributed by atoms with E-state index in [0.29, 0.717) is 6.54 Å². The summed E-state index contributed by atoms with van der Waals surface area (Å²) in [5, 5.41) is 6.16. The number of nitrogens with zero attached hydrogens (tertiary/aromatic N) is 1. The van der Waals surface area contributed by atoms with Crippen LogP contribution in [0, 0.1) is 0 Å². The van der Waals surface area contributed by atoms with E-state index in [2.05, 4.69) is 22.5 Å². The van der Waals surface area contributed by atoms with Gasteiger partial charge in [0.25, 0.3) is 0 Å². The van der Waals surface area contributed by atoms with E-state index in [1.807, 2.05) is 12.1 Å². The summed E-state index contributed by atoms with van der Waals surface area (Å²) in [7, 11) is 0. The highest BCUT2D eigenvalue weighted by Gasteiger charge is 2.38. The Hall–Kier alpha value is -1.62. The zero-order chi connectivity index (χ0) is 16.8. The second-order valence-corrected chi connectivity index (χ2v) is 7.32. The van der Waals surface area contributed by atoms with Gasteiger partial charge in [0.1, 0.15) is 0 Å². The van der Waals surface area contributed by atoms with E-state index in [1.165, 1.54) is 24.8 Å². The predicted octanol–water partition coefficient (Wildman–Crippen LogP) is 3.37. The quantitative estimate of drug-likeness (QED) is 0.889. The lowest BCUT2D eigenvalue weighted by Gasteiger charge is -2.43. The Labute approximate surface area is 144 Å². The molecule has 1 saturated heterocycles. The van der Waals surface area contributed by atoms with E-state index in [1.54, 1.807) is 12.4 Å². The molecule has 2 aliphatic rings. The number of hydrogen-bond acceptors (Lipinski definition) is 3. The van der Waals surface area contributed by atoms with Gasteiger partial charge in [-0.05, 0) is 49.3 Å². The monoisotopic (exact) mass is 331 g/mol. The van der Waals surface area contributed by atoms with Gasteiger partial charge < -0.3 is 15.4 Å². The van der Waals surface area contributed by atoms with Gasteiger partial charge in [-0.1, -0.05) is 26.2 Å². The topological polar surface area (TPSA) is 63.2 Å². The minimum Gasteiger partial charge on any atom is -0.375 e. The molecule has 0 unspecified atom stereocenters. The SMILES string of the molecule is C[C@@H](CNC(=O)N[C@@H]1CCOC2(CCCCC2)C1)c1ccncc1. The van der Waals surface area contributed by atoms with Gasteiger partial charge in [0.2, 0.25) is 0 Å². The molecule has 2 N–H and O–H groups in total. The van der Waals surface area contributed by atoms with Crippen molar-refractivity contribution in [2.45, 2.75) is 69.4 Å². The number of rotatable bonds is 4. The number of aromatic nitrogens is 1. The molecule has 1 aromatic rings. The molecule has 1 aliphatic heterocycles. The summed E-state index contributed by atoms with van der Waals surface area (Å²) in [6.45, 7) is 3.50. The fourth-order valence-corrected chi connectivity index (χ4v) is 3.99. The molecule has 0 bridgehead atoms. The molecule has 1 aromatic heterocycles. The molecule has 5 heteroatoms. The van der Waals surface area contributed by atoms with E-state index in [9.17, 15) is 4.79 Å². The highest BCUT2D eigenvalue weighted by Crippen LogP contribution is 2.38. The second kappa shape index (κ2) is 7.97. The normalized spacial score (nSPS) is 24.3. The van der Waals surface area contributed by atoms with E-state index >= 15 is 0 Å². The highest BCUT2D eigenvalue weighted by atomic mass is 16.5. The van der Waals surface area contributed by atoms with Crippen LogP contribution in [-0.2, 0) is 4.74 Å². The van der Waals surface area contributed by atoms with Crippen molar-refractivity contribution in [2.75, 3.05) is 13.2 Å². The van der Waals surface area contributed by atoms with Crippen molar-refractivity contribution in [2.24, 2.45) is 0 Å². The third-order valence-electron chi connectivity index (χ3n) is 5.44. The fraction of sp³-hybridized carbons (Fsp3) is 0.684. The lowest BCUT2D eigenvalue weighted by Crippen LogP contribution is -2.51. The van der Waals surface area contributed by atoms with E-state index < -0.39 is 0 Å². The second-order valence-electron chi connectivity index (χ2n) is 7.32. The molecule has 1 spiro atoms. The number of ether oxygens (including phenoxy) is 1. The van der Waals surface area contributed by atoms with Gasteiger partial charge in [0.15, 0.2) is 0 Å². The summed E-state index contributed by atoms with van der Waals surface area (Å²) < 4.78 is 6.10. The maximum atomic E-state index is 12.2. The van der Waals surface area contributed by atoms with Crippen molar-refractivity contribution in [1.29, 1.82) is 0 Å². The van der Waals surface area contributed by atoms with Gasteiger partial charge in [0, 0.05) is 31.6 Å². The molecule has 2 amide bonds. The molecule has 0 radical (unpaired) electrons. The molecule has 5 nitrogen and oxygen atoms in total. The van der Waals surface area contributed by atoms with Crippen LogP contribution in [0.3, 0.4) is 0 Å². The minimum atomic E-state index is -0.0613. The fourth-order valence-electron chi connectivity index (χ4n) is 3.99. The molecular weight excluding hydrogens is 302 g/mol. The molecular formula is C19H29N3O2. The maximum Gasteiger partial charge on any atom is 0.315 e.